The van der Waals surface area contributed by atoms with E-state index in [9.17, 15) is 0 Å². The molecule has 0 aliphatic heterocycles. The fourth-order valence-corrected chi connectivity index (χ4v) is 0. The van der Waals surface area contributed by atoms with Crippen molar-refractivity contribution in [1.29, 1.82) is 21.0 Å². The summed E-state index contributed by atoms with van der Waals surface area (Å²) in [6, 6.07) is 0.324. The van der Waals surface area contributed by atoms with Crippen LogP contribution < -0.4 is 22.9 Å². The molecule has 8 N–H and O–H groups in total. The molecule has 0 aliphatic rings. The maximum Gasteiger partial charge on any atom is 2.00 e. The first-order valence-corrected chi connectivity index (χ1v) is 4.35. The molecule has 0 aromatic heterocycles. The van der Waals surface area contributed by atoms with Crippen molar-refractivity contribution in [2.24, 2.45) is 22.9 Å². The normalized spacial score (nSPS) is 7.52. The maximum atomic E-state index is 6.25. The molecule has 0 aromatic rings. The number of rotatable bonds is 2. The molecule has 2 unspecified atom stereocenters. The zero-order valence-electron chi connectivity index (χ0n) is 12.0. The van der Waals surface area contributed by atoms with Crippen molar-refractivity contribution in [3.63, 3.8) is 0 Å². The predicted molar refractivity (Wildman–Crippen MR) is 65.3 cm³/mol. The number of hydrogen-bond donors (Lipinski definition) is 4. The molecule has 0 aromatic carbocycles. The Bertz CT molecular complexity index is 151. The van der Waals surface area contributed by atoms with Crippen LogP contribution in [0.4, 0.5) is 0 Å². The van der Waals surface area contributed by atoms with Crippen molar-refractivity contribution in [2.75, 3.05) is 13.1 Å². The minimum atomic E-state index is 0. The molecule has 0 fully saturated rings. The standard InChI is InChI=1S/2C3H10N2.4CN.2Au.Cd/c2*1-3(5)2-4;4*1-2;;;/h2*3H,2,4-5H2,1H3;;;;;;;/q;;4*-1;2*+1;+2. The minimum Gasteiger partial charge on any atom is -0.512 e. The van der Waals surface area contributed by atoms with E-state index in [1.807, 2.05) is 13.8 Å². The second kappa shape index (κ2) is 111. The Kier molecular flexibility index (Phi) is 306. The molecule has 124 valence electrons. The molecule has 8 nitrogen and oxygen atoms in total. The quantitative estimate of drug-likeness (QED) is 0.202. The van der Waals surface area contributed by atoms with E-state index >= 15 is 0 Å². The summed E-state index contributed by atoms with van der Waals surface area (Å²) < 4.78 is 0. The van der Waals surface area contributed by atoms with Gasteiger partial charge in [-0.3, -0.25) is 0 Å². The van der Waals surface area contributed by atoms with Crippen molar-refractivity contribution in [2.45, 2.75) is 25.9 Å². The van der Waals surface area contributed by atoms with Crippen molar-refractivity contribution < 1.29 is 72.1 Å². The summed E-state index contributed by atoms with van der Waals surface area (Å²) in [6.45, 7) is 23.9. The molecule has 11 heteroatoms. The van der Waals surface area contributed by atoms with Crippen LogP contribution in [-0.2, 0) is 72.1 Å². The smallest absolute Gasteiger partial charge is 0.512 e. The molecule has 21 heavy (non-hydrogen) atoms. The van der Waals surface area contributed by atoms with Gasteiger partial charge in [0, 0.05) is 25.2 Å². The monoisotopic (exact) mass is 760 g/mol. The Morgan fingerprint density at radius 2 is 0.714 bits per heavy atom. The van der Waals surface area contributed by atoms with Gasteiger partial charge in [-0.25, -0.2) is 0 Å². The number of nitrogens with two attached hydrogens (primary N) is 4. The largest absolute Gasteiger partial charge is 2.00 e. The van der Waals surface area contributed by atoms with Crippen LogP contribution in [0, 0.1) is 47.3 Å². The van der Waals surface area contributed by atoms with E-state index in [0.29, 0.717) is 13.1 Å². The fourth-order valence-electron chi connectivity index (χ4n) is 0. The first kappa shape index (κ1) is 58.1. The van der Waals surface area contributed by atoms with Gasteiger partial charge in [-0.05, 0) is 13.8 Å². The summed E-state index contributed by atoms with van der Waals surface area (Å²) in [5, 5.41) is 25.0. The van der Waals surface area contributed by atoms with Crippen LogP contribution >= 0.6 is 0 Å². The van der Waals surface area contributed by atoms with Gasteiger partial charge in [-0.1, -0.05) is 0 Å². The van der Waals surface area contributed by atoms with Crippen LogP contribution in [0.3, 0.4) is 0 Å². The van der Waals surface area contributed by atoms with Gasteiger partial charge in [0.15, 0.2) is 0 Å². The topological polar surface area (TPSA) is 199 Å². The van der Waals surface area contributed by atoms with Gasteiger partial charge in [0.2, 0.25) is 0 Å². The van der Waals surface area contributed by atoms with Crippen molar-refractivity contribution in [3.05, 3.63) is 26.3 Å². The molecule has 0 bridgehead atoms. The Labute approximate surface area is 180 Å². The molecular formula is C10H20Au2CdN8. The van der Waals surface area contributed by atoms with Crippen LogP contribution in [0.5, 0.6) is 0 Å². The van der Waals surface area contributed by atoms with Crippen molar-refractivity contribution in [1.82, 2.24) is 0 Å². The van der Waals surface area contributed by atoms with Gasteiger partial charge in [0.05, 0.1) is 0 Å². The molecule has 0 radical (unpaired) electrons. The Hall–Kier alpha value is 0.203. The Morgan fingerprint density at radius 3 is 0.714 bits per heavy atom. The SMILES string of the molecule is CC(N)CN.CC(N)CN.[Au+].[Au+].[C-]#N.[C-]#N.[C-]#N.[C-]#N.[Cd+2]. The first-order valence-electron chi connectivity index (χ1n) is 4.35. The second-order valence-corrected chi connectivity index (χ2v) is 2.43. The van der Waals surface area contributed by atoms with Crippen LogP contribution in [0.15, 0.2) is 0 Å². The number of nitrogens with zero attached hydrogens (tertiary/aromatic N) is 4. The Balaban J connectivity index is -0.0000000122. The third-order valence-corrected chi connectivity index (χ3v) is 0.744. The fraction of sp³-hybridized carbons (Fsp3) is 0.600. The van der Waals surface area contributed by atoms with Gasteiger partial charge in [0.25, 0.3) is 0 Å². The number of hydrogen-bond acceptors (Lipinski definition) is 8. The van der Waals surface area contributed by atoms with Crippen LogP contribution in [0.25, 0.3) is 0 Å². The van der Waals surface area contributed by atoms with Gasteiger partial charge in [-0.15, -0.1) is 0 Å². The zero-order chi connectivity index (χ0) is 16.6. The van der Waals surface area contributed by atoms with Gasteiger partial charge in [-0.2, -0.15) is 0 Å². The third kappa shape index (κ3) is 379. The first-order chi connectivity index (χ1) is 8.54. The van der Waals surface area contributed by atoms with E-state index in [1.54, 1.807) is 0 Å². The van der Waals surface area contributed by atoms with E-state index in [0.717, 1.165) is 0 Å². The molecule has 0 aliphatic carbocycles. The average molecular weight is 759 g/mol. The van der Waals surface area contributed by atoms with E-state index in [-0.39, 0.29) is 84.1 Å². The molecular weight excluding hydrogens is 739 g/mol. The van der Waals surface area contributed by atoms with Gasteiger partial charge < -0.3 is 70.3 Å². The second-order valence-electron chi connectivity index (χ2n) is 2.43. The molecule has 2 atom stereocenters. The Morgan fingerprint density at radius 1 is 0.667 bits per heavy atom. The van der Waals surface area contributed by atoms with E-state index in [4.69, 9.17) is 70.3 Å². The molecule has 0 saturated carbocycles. The van der Waals surface area contributed by atoms with Crippen LogP contribution in [0.2, 0.25) is 0 Å². The third-order valence-electron chi connectivity index (χ3n) is 0.744. The van der Waals surface area contributed by atoms with Crippen LogP contribution in [0.1, 0.15) is 13.8 Å². The minimum absolute atomic E-state index is 0. The van der Waals surface area contributed by atoms with E-state index in [2.05, 4.69) is 0 Å². The average Bonchev–Trinajstić information content (AvgIpc) is 2.48. The maximum absolute atomic E-state index is 6.25. The van der Waals surface area contributed by atoms with E-state index in [1.165, 1.54) is 0 Å². The van der Waals surface area contributed by atoms with Crippen molar-refractivity contribution in [3.8, 4) is 0 Å². The molecule has 0 saturated heterocycles. The molecule has 0 rings (SSSR count). The zero-order valence-corrected chi connectivity index (χ0v) is 20.3. The summed E-state index contributed by atoms with van der Waals surface area (Å²) in [6.07, 6.45) is 0. The summed E-state index contributed by atoms with van der Waals surface area (Å²) >= 11 is 0. The summed E-state index contributed by atoms with van der Waals surface area (Å²) in [5.41, 5.74) is 20.4. The molecule has 0 amide bonds. The van der Waals surface area contributed by atoms with Crippen LogP contribution in [-0.4, -0.2) is 25.2 Å². The predicted octanol–water partition coefficient (Wildman–Crippen LogP) is -1.04. The van der Waals surface area contributed by atoms with E-state index < -0.39 is 0 Å². The molecule has 0 heterocycles. The van der Waals surface area contributed by atoms with Gasteiger partial charge >= 0.3 is 72.1 Å². The summed E-state index contributed by atoms with van der Waals surface area (Å²) in [7, 11) is 0. The van der Waals surface area contributed by atoms with Gasteiger partial charge in [0.1, 0.15) is 0 Å². The van der Waals surface area contributed by atoms with Crippen molar-refractivity contribution >= 4 is 0 Å². The summed E-state index contributed by atoms with van der Waals surface area (Å²) in [4.78, 5) is 0. The summed E-state index contributed by atoms with van der Waals surface area (Å²) in [5.74, 6) is 0. The molecule has 0 spiro atoms.